The number of hydrogen-bond donors (Lipinski definition) is 1. The van der Waals surface area contributed by atoms with Crippen LogP contribution in [0.5, 0.6) is 5.75 Å². The van der Waals surface area contributed by atoms with Crippen molar-refractivity contribution < 1.29 is 24.0 Å². The zero-order chi connectivity index (χ0) is 38.4. The Bertz CT molecular complexity index is 1830. The van der Waals surface area contributed by atoms with Gasteiger partial charge in [-0.25, -0.2) is 14.6 Å². The van der Waals surface area contributed by atoms with Crippen molar-refractivity contribution in [3.8, 4) is 5.75 Å². The average Bonchev–Trinajstić information content (AvgIpc) is 3.10. The molecule has 0 unspecified atom stereocenters. The summed E-state index contributed by atoms with van der Waals surface area (Å²) in [6.45, 7) is 16.9. The maximum absolute atomic E-state index is 14.3. The molecule has 11 nitrogen and oxygen atoms in total. The van der Waals surface area contributed by atoms with Gasteiger partial charge in [0.25, 0.3) is 11.6 Å². The lowest BCUT2D eigenvalue weighted by Gasteiger charge is -2.19. The van der Waals surface area contributed by atoms with E-state index in [1.165, 1.54) is 65.0 Å². The molecule has 0 saturated heterocycles. The summed E-state index contributed by atoms with van der Waals surface area (Å²) in [7, 11) is 5.27. The molecule has 11 heteroatoms. The summed E-state index contributed by atoms with van der Waals surface area (Å²) >= 11 is 0. The van der Waals surface area contributed by atoms with Crippen molar-refractivity contribution in [3.63, 3.8) is 0 Å². The van der Waals surface area contributed by atoms with Gasteiger partial charge in [-0.1, -0.05) is 64.7 Å². The van der Waals surface area contributed by atoms with Gasteiger partial charge in [-0.3, -0.25) is 14.9 Å². The number of hydrogen-bond acceptors (Lipinski definition) is 8. The fraction of sp³-hybridized carbons (Fsp3) is 0.463. The molecule has 0 fully saturated rings. The number of carbonyl (C=O) groups excluding carboxylic acids is 2. The molecule has 0 heterocycles. The van der Waals surface area contributed by atoms with E-state index in [1.54, 1.807) is 32.0 Å². The molecular weight excluding hydrogens is 658 g/mol. The topological polar surface area (TPSA) is 128 Å². The first kappa shape index (κ1) is 41.2. The van der Waals surface area contributed by atoms with E-state index in [2.05, 4.69) is 17.1 Å². The Labute approximate surface area is 308 Å². The molecule has 0 atom stereocenters. The van der Waals surface area contributed by atoms with Gasteiger partial charge in [-0.05, 0) is 81.6 Å². The minimum Gasteiger partial charge on any atom is -0.495 e. The monoisotopic (exact) mass is 711 g/mol. The van der Waals surface area contributed by atoms with Crippen molar-refractivity contribution in [2.24, 2.45) is 4.99 Å². The van der Waals surface area contributed by atoms with Crippen LogP contribution in [0.15, 0.2) is 41.4 Å². The highest BCUT2D eigenvalue weighted by Crippen LogP contribution is 2.39. The van der Waals surface area contributed by atoms with Crippen LogP contribution in [0, 0.1) is 44.4 Å². The molecule has 3 rings (SSSR count). The van der Waals surface area contributed by atoms with Crippen molar-refractivity contribution in [2.45, 2.75) is 98.8 Å². The van der Waals surface area contributed by atoms with E-state index in [1.807, 2.05) is 38.1 Å². The Kier molecular flexibility index (Phi) is 15.8. The fourth-order valence-corrected chi connectivity index (χ4v) is 6.33. The van der Waals surface area contributed by atoms with Gasteiger partial charge in [-0.2, -0.15) is 0 Å². The van der Waals surface area contributed by atoms with Gasteiger partial charge < -0.3 is 19.7 Å². The Morgan fingerprint density at radius 1 is 0.904 bits per heavy atom. The zero-order valence-corrected chi connectivity index (χ0v) is 32.0. The Hall–Kier alpha value is -5.24. The lowest BCUT2D eigenvalue weighted by molar-refractivity contribution is -0.386. The molecular formula is C41H53N5O6. The first-order chi connectivity index (χ1) is 24.9. The van der Waals surface area contributed by atoms with Crippen molar-refractivity contribution in [3.05, 3.63) is 91.3 Å². The number of aryl methyl sites for hydroxylation is 1. The number of anilines is 2. The molecule has 3 aromatic rings. The van der Waals surface area contributed by atoms with Crippen LogP contribution in [0.2, 0.25) is 0 Å². The van der Waals surface area contributed by atoms with E-state index in [-0.39, 0.29) is 50.8 Å². The average molecular weight is 712 g/mol. The number of nitro groups is 1. The third-order valence-corrected chi connectivity index (χ3v) is 9.26. The SMILES string of the molecule is [C-]#[N+]c1c(C)c(C(=Nc2ccc(N(C)C)cc2C)C(=O)Nc2cc(C(=O)OCCCCCCCCCCCC)ccc2OC)c(C)c([N+](=O)[O-])c1C. The molecule has 0 aliphatic rings. The van der Waals surface area contributed by atoms with Crippen LogP contribution in [0.4, 0.5) is 28.4 Å². The normalized spacial score (nSPS) is 11.2. The standard InChI is InChI=1S/C41H53N5O6/c1-10-11-12-13-14-15-16-17-18-19-24-52-41(48)31-20-23-35(51-9)34(26-31)44-40(47)38(43-33-22-21-32(45(7)8)25-27(33)2)36-28(3)37(42-6)30(5)39(29(36)4)46(49)50/h20-23,25-26H,10-19,24H2,1-5,7-9H3,(H,44,47). The summed E-state index contributed by atoms with van der Waals surface area (Å²) in [6.07, 6.45) is 11.7. The van der Waals surface area contributed by atoms with Gasteiger partial charge in [0, 0.05) is 36.5 Å². The summed E-state index contributed by atoms with van der Waals surface area (Å²) in [6, 6.07) is 10.2. The lowest BCUT2D eigenvalue weighted by atomic mass is 9.91. The molecule has 0 aliphatic carbocycles. The number of ether oxygens (including phenoxy) is 2. The van der Waals surface area contributed by atoms with Gasteiger partial charge in [0.05, 0.1) is 42.2 Å². The summed E-state index contributed by atoms with van der Waals surface area (Å²) < 4.78 is 11.1. The first-order valence-electron chi connectivity index (χ1n) is 18.0. The first-order valence-corrected chi connectivity index (χ1v) is 18.0. The largest absolute Gasteiger partial charge is 0.495 e. The molecule has 278 valence electrons. The molecule has 0 aromatic heterocycles. The predicted octanol–water partition coefficient (Wildman–Crippen LogP) is 10.3. The van der Waals surface area contributed by atoms with Gasteiger partial charge in [0.2, 0.25) is 0 Å². The van der Waals surface area contributed by atoms with Crippen molar-refractivity contribution in [1.29, 1.82) is 0 Å². The fourth-order valence-electron chi connectivity index (χ4n) is 6.33. The van der Waals surface area contributed by atoms with E-state index in [9.17, 15) is 19.7 Å². The van der Waals surface area contributed by atoms with Gasteiger partial charge in [0.1, 0.15) is 11.5 Å². The van der Waals surface area contributed by atoms with Crippen LogP contribution >= 0.6 is 0 Å². The van der Waals surface area contributed by atoms with Crippen LogP contribution in [0.3, 0.4) is 0 Å². The lowest BCUT2D eigenvalue weighted by Crippen LogP contribution is -2.26. The molecule has 52 heavy (non-hydrogen) atoms. The van der Waals surface area contributed by atoms with E-state index in [0.29, 0.717) is 17.9 Å². The third kappa shape index (κ3) is 10.6. The number of esters is 1. The van der Waals surface area contributed by atoms with Crippen LogP contribution < -0.4 is 15.0 Å². The quantitative estimate of drug-likeness (QED) is 0.0327. The highest BCUT2D eigenvalue weighted by molar-refractivity contribution is 6.50. The van der Waals surface area contributed by atoms with E-state index < -0.39 is 16.8 Å². The number of carbonyl (C=O) groups is 2. The smallest absolute Gasteiger partial charge is 0.338 e. The Morgan fingerprint density at radius 3 is 2.10 bits per heavy atom. The Balaban J connectivity index is 1.92. The molecule has 0 radical (unpaired) electrons. The third-order valence-electron chi connectivity index (χ3n) is 9.26. The second-order valence-electron chi connectivity index (χ2n) is 13.3. The number of nitrogens with one attached hydrogen (secondary N) is 1. The molecule has 0 bridgehead atoms. The number of nitro benzene ring substituents is 1. The molecule has 0 saturated carbocycles. The van der Waals surface area contributed by atoms with Crippen LogP contribution in [0.25, 0.3) is 4.85 Å². The van der Waals surface area contributed by atoms with Crippen LogP contribution in [0.1, 0.15) is 109 Å². The van der Waals surface area contributed by atoms with E-state index >= 15 is 0 Å². The second-order valence-corrected chi connectivity index (χ2v) is 13.3. The number of aliphatic imine (C=N–C) groups is 1. The number of amides is 1. The van der Waals surface area contributed by atoms with Crippen LogP contribution in [-0.2, 0) is 9.53 Å². The van der Waals surface area contributed by atoms with E-state index in [0.717, 1.165) is 30.5 Å². The minimum absolute atomic E-state index is 0.0807. The van der Waals surface area contributed by atoms with Gasteiger partial charge in [-0.15, -0.1) is 0 Å². The molecule has 0 spiro atoms. The number of methoxy groups -OCH3 is 1. The highest BCUT2D eigenvalue weighted by Gasteiger charge is 2.30. The van der Waals surface area contributed by atoms with Crippen molar-refractivity contribution in [1.82, 2.24) is 0 Å². The van der Waals surface area contributed by atoms with Crippen molar-refractivity contribution >= 4 is 46.0 Å². The minimum atomic E-state index is -0.703. The maximum Gasteiger partial charge on any atom is 0.338 e. The van der Waals surface area contributed by atoms with Crippen molar-refractivity contribution in [2.75, 3.05) is 38.0 Å². The summed E-state index contributed by atoms with van der Waals surface area (Å²) in [4.78, 5) is 49.4. The van der Waals surface area contributed by atoms with Gasteiger partial charge >= 0.3 is 5.97 Å². The molecule has 3 aromatic carbocycles. The number of rotatable bonds is 19. The molecule has 1 amide bonds. The van der Waals surface area contributed by atoms with Gasteiger partial charge in [0.15, 0.2) is 5.69 Å². The second kappa shape index (κ2) is 20.0. The van der Waals surface area contributed by atoms with E-state index in [4.69, 9.17) is 21.0 Å². The van der Waals surface area contributed by atoms with Crippen LogP contribution in [-0.4, -0.2) is 50.3 Å². The predicted molar refractivity (Wildman–Crippen MR) is 209 cm³/mol. The summed E-state index contributed by atoms with van der Waals surface area (Å²) in [5.41, 5.74) is 3.29. The summed E-state index contributed by atoms with van der Waals surface area (Å²) in [5.74, 6) is -0.941. The Morgan fingerprint density at radius 2 is 1.54 bits per heavy atom. The zero-order valence-electron chi connectivity index (χ0n) is 32.0. The number of unbranched alkanes of at least 4 members (excludes halogenated alkanes) is 9. The number of nitrogens with zero attached hydrogens (tertiary/aromatic N) is 4. The summed E-state index contributed by atoms with van der Waals surface area (Å²) in [5, 5.41) is 15.1. The molecule has 0 aliphatic heterocycles. The number of benzene rings is 3. The highest BCUT2D eigenvalue weighted by atomic mass is 16.6. The maximum atomic E-state index is 14.3. The molecule has 1 N–H and O–H groups in total.